The normalized spacial score (nSPS) is 16.5. The summed E-state index contributed by atoms with van der Waals surface area (Å²) < 4.78 is 20.9. The van der Waals surface area contributed by atoms with Crippen LogP contribution in [0.2, 0.25) is 5.15 Å². The standard InChI is InChI=1S/C23H34ClFN4OS/c1-4-6-11-23(3,31-14-7-5-2)16-30-22-27-19-17(15-26-20(24)18(19)25)21(28-22)29-12-9-8-10-13-29/h15H,4-14,16H2,1-3H3. The van der Waals surface area contributed by atoms with Crippen molar-refractivity contribution in [2.75, 3.05) is 30.3 Å². The van der Waals surface area contributed by atoms with Gasteiger partial charge >= 0.3 is 6.01 Å². The van der Waals surface area contributed by atoms with Crippen molar-refractivity contribution in [1.82, 2.24) is 15.0 Å². The molecular formula is C23H34ClFN4OS. The monoisotopic (exact) mass is 468 g/mol. The molecule has 1 atom stereocenters. The van der Waals surface area contributed by atoms with Crippen LogP contribution in [0.3, 0.4) is 0 Å². The van der Waals surface area contributed by atoms with Crippen LogP contribution < -0.4 is 9.64 Å². The van der Waals surface area contributed by atoms with E-state index in [1.54, 1.807) is 6.20 Å². The van der Waals surface area contributed by atoms with Crippen molar-refractivity contribution in [3.8, 4) is 6.01 Å². The average molecular weight is 469 g/mol. The van der Waals surface area contributed by atoms with Crippen LogP contribution in [0.5, 0.6) is 6.01 Å². The number of anilines is 1. The lowest BCUT2D eigenvalue weighted by Crippen LogP contribution is -2.32. The lowest BCUT2D eigenvalue weighted by atomic mass is 10.0. The number of hydrogen-bond donors (Lipinski definition) is 0. The molecule has 0 N–H and O–H groups in total. The third-order valence-corrected chi connectivity index (χ3v) is 7.55. The van der Waals surface area contributed by atoms with Crippen LogP contribution >= 0.6 is 23.4 Å². The number of rotatable bonds is 11. The molecule has 31 heavy (non-hydrogen) atoms. The maximum absolute atomic E-state index is 14.8. The van der Waals surface area contributed by atoms with Gasteiger partial charge < -0.3 is 9.64 Å². The first-order valence-electron chi connectivity index (χ1n) is 11.5. The van der Waals surface area contributed by atoms with Crippen molar-refractivity contribution >= 4 is 40.1 Å². The summed E-state index contributed by atoms with van der Waals surface area (Å²) in [6.07, 6.45) is 10.7. The van der Waals surface area contributed by atoms with Gasteiger partial charge in [0.05, 0.1) is 5.39 Å². The third-order valence-electron chi connectivity index (χ3n) is 5.77. The number of unbranched alkanes of at least 4 members (excludes halogenated alkanes) is 2. The van der Waals surface area contributed by atoms with Gasteiger partial charge in [0, 0.05) is 24.0 Å². The molecule has 2 aromatic rings. The Kier molecular flexibility index (Phi) is 9.02. The van der Waals surface area contributed by atoms with E-state index in [-0.39, 0.29) is 21.4 Å². The van der Waals surface area contributed by atoms with Crippen molar-refractivity contribution in [2.24, 2.45) is 0 Å². The maximum Gasteiger partial charge on any atom is 0.319 e. The summed E-state index contributed by atoms with van der Waals surface area (Å²) in [5.41, 5.74) is 0.180. The number of thioether (sulfide) groups is 1. The number of piperidine rings is 1. The molecule has 1 saturated heterocycles. The van der Waals surface area contributed by atoms with E-state index in [9.17, 15) is 4.39 Å². The fraction of sp³-hybridized carbons (Fsp3) is 0.696. The molecule has 0 bridgehead atoms. The van der Waals surface area contributed by atoms with E-state index in [4.69, 9.17) is 21.3 Å². The van der Waals surface area contributed by atoms with E-state index in [0.29, 0.717) is 17.8 Å². The van der Waals surface area contributed by atoms with E-state index < -0.39 is 5.82 Å². The van der Waals surface area contributed by atoms with Crippen molar-refractivity contribution in [3.05, 3.63) is 17.2 Å². The third kappa shape index (κ3) is 6.35. The SMILES string of the molecule is CCCCSC(C)(CCCC)COc1nc(N2CCCCC2)c2cnc(Cl)c(F)c2n1. The molecular weight excluding hydrogens is 435 g/mol. The number of aromatic nitrogens is 3. The van der Waals surface area contributed by atoms with Gasteiger partial charge in [-0.25, -0.2) is 9.37 Å². The first-order chi connectivity index (χ1) is 15.0. The predicted octanol–water partition coefficient (Wildman–Crippen LogP) is 6.67. The Labute approximate surface area is 194 Å². The Hall–Kier alpha value is -1.34. The van der Waals surface area contributed by atoms with Gasteiger partial charge in [-0.3, -0.25) is 0 Å². The quantitative estimate of drug-likeness (QED) is 0.271. The topological polar surface area (TPSA) is 51.1 Å². The number of nitrogens with zero attached hydrogens (tertiary/aromatic N) is 4. The first-order valence-corrected chi connectivity index (χ1v) is 12.9. The highest BCUT2D eigenvalue weighted by Gasteiger charge is 2.27. The second-order valence-electron chi connectivity index (χ2n) is 8.55. The molecule has 0 radical (unpaired) electrons. The minimum Gasteiger partial charge on any atom is -0.462 e. The highest BCUT2D eigenvalue weighted by Crippen LogP contribution is 2.34. The van der Waals surface area contributed by atoms with Gasteiger partial charge in [-0.15, -0.1) is 0 Å². The van der Waals surface area contributed by atoms with Crippen LogP contribution in [0.15, 0.2) is 6.20 Å². The molecule has 0 amide bonds. The molecule has 1 aliphatic heterocycles. The Bertz CT molecular complexity index is 865. The Morgan fingerprint density at radius 2 is 1.90 bits per heavy atom. The molecule has 0 aromatic carbocycles. The second kappa shape index (κ2) is 11.5. The molecule has 172 valence electrons. The van der Waals surface area contributed by atoms with Crippen LogP contribution in [-0.2, 0) is 0 Å². The number of ether oxygens (including phenoxy) is 1. The molecule has 8 heteroatoms. The summed E-state index contributed by atoms with van der Waals surface area (Å²) in [5.74, 6) is 1.18. The molecule has 3 rings (SSSR count). The molecule has 2 aromatic heterocycles. The fourth-order valence-corrected chi connectivity index (χ4v) is 5.32. The van der Waals surface area contributed by atoms with Crippen LogP contribution in [0.1, 0.15) is 72.1 Å². The number of hydrogen-bond acceptors (Lipinski definition) is 6. The van der Waals surface area contributed by atoms with Crippen LogP contribution in [0, 0.1) is 5.82 Å². The fourth-order valence-electron chi connectivity index (χ4n) is 3.83. The minimum absolute atomic E-state index is 0.0246. The minimum atomic E-state index is -0.615. The zero-order valence-electron chi connectivity index (χ0n) is 18.9. The molecule has 5 nitrogen and oxygen atoms in total. The molecule has 0 spiro atoms. The van der Waals surface area contributed by atoms with Crippen molar-refractivity contribution < 1.29 is 9.13 Å². The first kappa shape index (κ1) is 24.3. The van der Waals surface area contributed by atoms with Gasteiger partial charge in [0.1, 0.15) is 17.9 Å². The predicted molar refractivity (Wildman–Crippen MR) is 129 cm³/mol. The molecule has 1 aliphatic rings. The summed E-state index contributed by atoms with van der Waals surface area (Å²) in [5, 5.41) is 0.409. The Morgan fingerprint density at radius 3 is 2.61 bits per heavy atom. The smallest absolute Gasteiger partial charge is 0.319 e. The van der Waals surface area contributed by atoms with Crippen molar-refractivity contribution in [2.45, 2.75) is 76.9 Å². The van der Waals surface area contributed by atoms with Gasteiger partial charge in [-0.05, 0) is 44.8 Å². The van der Waals surface area contributed by atoms with Gasteiger partial charge in [0.15, 0.2) is 11.0 Å². The van der Waals surface area contributed by atoms with Gasteiger partial charge in [0.25, 0.3) is 0 Å². The molecule has 0 saturated carbocycles. The summed E-state index contributed by atoms with van der Waals surface area (Å²) in [4.78, 5) is 15.3. The van der Waals surface area contributed by atoms with Crippen molar-refractivity contribution in [1.29, 1.82) is 0 Å². The number of halogens is 2. The Balaban J connectivity index is 1.88. The van der Waals surface area contributed by atoms with E-state index in [0.717, 1.165) is 50.9 Å². The highest BCUT2D eigenvalue weighted by molar-refractivity contribution is 8.00. The number of fused-ring (bicyclic) bond motifs is 1. The summed E-state index contributed by atoms with van der Waals surface area (Å²) >= 11 is 7.90. The van der Waals surface area contributed by atoms with Gasteiger partial charge in [-0.1, -0.05) is 44.7 Å². The van der Waals surface area contributed by atoms with Crippen LogP contribution in [-0.4, -0.2) is 45.1 Å². The van der Waals surface area contributed by atoms with Gasteiger partial charge in [-0.2, -0.15) is 21.7 Å². The average Bonchev–Trinajstić information content (AvgIpc) is 2.79. The molecule has 1 unspecified atom stereocenters. The Morgan fingerprint density at radius 1 is 1.16 bits per heavy atom. The second-order valence-corrected chi connectivity index (χ2v) is 10.6. The zero-order valence-corrected chi connectivity index (χ0v) is 20.5. The lowest BCUT2D eigenvalue weighted by Gasteiger charge is -2.30. The molecule has 0 aliphatic carbocycles. The highest BCUT2D eigenvalue weighted by atomic mass is 35.5. The summed E-state index contributed by atoms with van der Waals surface area (Å²) in [6.45, 7) is 8.92. The maximum atomic E-state index is 14.8. The van der Waals surface area contributed by atoms with Crippen LogP contribution in [0.25, 0.3) is 10.9 Å². The van der Waals surface area contributed by atoms with E-state index in [2.05, 4.69) is 35.6 Å². The van der Waals surface area contributed by atoms with E-state index in [1.807, 2.05) is 11.8 Å². The van der Waals surface area contributed by atoms with Gasteiger partial charge in [0.2, 0.25) is 0 Å². The molecule has 1 fully saturated rings. The number of pyridine rings is 1. The van der Waals surface area contributed by atoms with Crippen LogP contribution in [0.4, 0.5) is 10.2 Å². The van der Waals surface area contributed by atoms with Crippen molar-refractivity contribution in [3.63, 3.8) is 0 Å². The summed E-state index contributed by atoms with van der Waals surface area (Å²) in [6, 6.07) is 0.216. The summed E-state index contributed by atoms with van der Waals surface area (Å²) in [7, 11) is 0. The molecule has 3 heterocycles. The zero-order chi connectivity index (χ0) is 22.3. The lowest BCUT2D eigenvalue weighted by molar-refractivity contribution is 0.251. The largest absolute Gasteiger partial charge is 0.462 e. The van der Waals surface area contributed by atoms with E-state index >= 15 is 0 Å². The van der Waals surface area contributed by atoms with E-state index in [1.165, 1.54) is 19.3 Å².